The Morgan fingerprint density at radius 1 is 1.14 bits per heavy atom. The van der Waals surface area contributed by atoms with Crippen LogP contribution in [-0.4, -0.2) is 22.3 Å². The molecule has 4 heteroatoms. The molecule has 2 aromatic rings. The third-order valence-electron chi connectivity index (χ3n) is 4.24. The van der Waals surface area contributed by atoms with Gasteiger partial charge in [0, 0.05) is 25.4 Å². The molecule has 0 unspecified atom stereocenters. The summed E-state index contributed by atoms with van der Waals surface area (Å²) in [7, 11) is 0. The molecule has 3 rings (SSSR count). The third-order valence-corrected chi connectivity index (χ3v) is 4.24. The first-order valence-corrected chi connectivity index (χ1v) is 7.74. The molecular formula is C18H20N2O2. The van der Waals surface area contributed by atoms with Gasteiger partial charge >= 0.3 is 0 Å². The van der Waals surface area contributed by atoms with Crippen molar-refractivity contribution in [3.8, 4) is 0 Å². The van der Waals surface area contributed by atoms with E-state index in [-0.39, 0.29) is 11.5 Å². The standard InChI is InChI=1S/C18H20N2O2/c21-17-10-9-16(11-19-17)18(22)20(13-15-7-4-8-15)12-14-5-2-1-3-6-14/h1-3,5-6,9-11,15H,4,7-8,12-13H2,(H,19,21). The van der Waals surface area contributed by atoms with Gasteiger partial charge in [-0.3, -0.25) is 9.59 Å². The van der Waals surface area contributed by atoms with E-state index in [1.165, 1.54) is 31.5 Å². The van der Waals surface area contributed by atoms with Crippen LogP contribution >= 0.6 is 0 Å². The van der Waals surface area contributed by atoms with Crippen molar-refractivity contribution < 1.29 is 4.79 Å². The van der Waals surface area contributed by atoms with Gasteiger partial charge in [-0.25, -0.2) is 0 Å². The number of carbonyl (C=O) groups excluding carboxylic acids is 1. The second-order valence-electron chi connectivity index (χ2n) is 5.91. The minimum absolute atomic E-state index is 0.0213. The molecule has 0 saturated heterocycles. The van der Waals surface area contributed by atoms with E-state index < -0.39 is 0 Å². The number of hydrogen-bond acceptors (Lipinski definition) is 2. The van der Waals surface area contributed by atoms with Crippen molar-refractivity contribution in [3.05, 3.63) is 70.1 Å². The molecule has 1 aliphatic carbocycles. The Morgan fingerprint density at radius 2 is 1.91 bits per heavy atom. The molecule has 1 saturated carbocycles. The number of nitrogens with one attached hydrogen (secondary N) is 1. The maximum atomic E-state index is 12.7. The molecule has 1 aromatic heterocycles. The normalized spacial score (nSPS) is 14.4. The van der Waals surface area contributed by atoms with E-state index in [2.05, 4.69) is 4.98 Å². The molecule has 4 nitrogen and oxygen atoms in total. The molecule has 0 radical (unpaired) electrons. The second kappa shape index (κ2) is 6.60. The number of nitrogens with zero attached hydrogens (tertiary/aromatic N) is 1. The van der Waals surface area contributed by atoms with Gasteiger partial charge < -0.3 is 9.88 Å². The molecule has 1 fully saturated rings. The van der Waals surface area contributed by atoms with Crippen LogP contribution < -0.4 is 5.56 Å². The molecule has 0 aliphatic heterocycles. The molecule has 1 amide bonds. The molecular weight excluding hydrogens is 276 g/mol. The van der Waals surface area contributed by atoms with Crippen LogP contribution in [0.1, 0.15) is 35.2 Å². The van der Waals surface area contributed by atoms with Gasteiger partial charge in [0.2, 0.25) is 5.56 Å². The van der Waals surface area contributed by atoms with Gasteiger partial charge in [0.1, 0.15) is 0 Å². The van der Waals surface area contributed by atoms with Crippen LogP contribution in [0.4, 0.5) is 0 Å². The molecule has 0 spiro atoms. The molecule has 114 valence electrons. The number of hydrogen-bond donors (Lipinski definition) is 1. The lowest BCUT2D eigenvalue weighted by atomic mass is 9.85. The maximum absolute atomic E-state index is 12.7. The molecule has 1 aromatic carbocycles. The number of aromatic nitrogens is 1. The zero-order valence-electron chi connectivity index (χ0n) is 12.5. The van der Waals surface area contributed by atoms with Crippen LogP contribution in [0.3, 0.4) is 0 Å². The summed E-state index contributed by atoms with van der Waals surface area (Å²) in [6.07, 6.45) is 5.16. The fourth-order valence-corrected chi connectivity index (χ4v) is 2.74. The summed E-state index contributed by atoms with van der Waals surface area (Å²) < 4.78 is 0. The Balaban J connectivity index is 1.78. The highest BCUT2D eigenvalue weighted by Crippen LogP contribution is 2.28. The first kappa shape index (κ1) is 14.6. The van der Waals surface area contributed by atoms with E-state index in [9.17, 15) is 9.59 Å². The van der Waals surface area contributed by atoms with E-state index in [4.69, 9.17) is 0 Å². The van der Waals surface area contributed by atoms with Crippen LogP contribution in [0.2, 0.25) is 0 Å². The number of aromatic amines is 1. The summed E-state index contributed by atoms with van der Waals surface area (Å²) in [4.78, 5) is 28.4. The SMILES string of the molecule is O=C(c1ccc(=O)[nH]c1)N(Cc1ccccc1)CC1CCC1. The number of rotatable bonds is 5. The first-order valence-electron chi connectivity index (χ1n) is 7.74. The van der Waals surface area contributed by atoms with E-state index in [0.29, 0.717) is 18.0 Å². The van der Waals surface area contributed by atoms with Crippen molar-refractivity contribution in [1.82, 2.24) is 9.88 Å². The van der Waals surface area contributed by atoms with Gasteiger partial charge in [0.15, 0.2) is 0 Å². The van der Waals surface area contributed by atoms with Crippen LogP contribution in [0, 0.1) is 5.92 Å². The van der Waals surface area contributed by atoms with Gasteiger partial charge in [-0.05, 0) is 30.4 Å². The quantitative estimate of drug-likeness (QED) is 0.922. The van der Waals surface area contributed by atoms with Gasteiger partial charge in [-0.1, -0.05) is 36.8 Å². The fourth-order valence-electron chi connectivity index (χ4n) is 2.74. The van der Waals surface area contributed by atoms with Crippen LogP contribution in [0.25, 0.3) is 0 Å². The number of pyridine rings is 1. The Morgan fingerprint density at radius 3 is 2.50 bits per heavy atom. The number of benzene rings is 1. The number of amides is 1. The van der Waals surface area contributed by atoms with Crippen LogP contribution in [0.5, 0.6) is 0 Å². The van der Waals surface area contributed by atoms with Gasteiger partial charge in [0.25, 0.3) is 5.91 Å². The zero-order chi connectivity index (χ0) is 15.4. The predicted octanol–water partition coefficient (Wildman–Crippen LogP) is 2.82. The third kappa shape index (κ3) is 3.45. The lowest BCUT2D eigenvalue weighted by molar-refractivity contribution is 0.0679. The van der Waals surface area contributed by atoms with Crippen molar-refractivity contribution in [2.75, 3.05) is 6.54 Å². The molecule has 0 atom stereocenters. The molecule has 1 aliphatic rings. The number of carbonyl (C=O) groups is 1. The predicted molar refractivity (Wildman–Crippen MR) is 85.6 cm³/mol. The van der Waals surface area contributed by atoms with E-state index in [0.717, 1.165) is 12.1 Å². The summed E-state index contributed by atoms with van der Waals surface area (Å²) >= 11 is 0. The topological polar surface area (TPSA) is 53.2 Å². The highest BCUT2D eigenvalue weighted by Gasteiger charge is 2.24. The van der Waals surface area contributed by atoms with Crippen molar-refractivity contribution in [3.63, 3.8) is 0 Å². The largest absolute Gasteiger partial charge is 0.334 e. The first-order chi connectivity index (χ1) is 10.7. The Bertz CT molecular complexity index is 669. The highest BCUT2D eigenvalue weighted by atomic mass is 16.2. The zero-order valence-corrected chi connectivity index (χ0v) is 12.5. The summed E-state index contributed by atoms with van der Waals surface area (Å²) in [5.41, 5.74) is 1.47. The lowest BCUT2D eigenvalue weighted by Crippen LogP contribution is -2.37. The van der Waals surface area contributed by atoms with Gasteiger partial charge in [-0.15, -0.1) is 0 Å². The Hall–Kier alpha value is -2.36. The smallest absolute Gasteiger partial charge is 0.255 e. The highest BCUT2D eigenvalue weighted by molar-refractivity contribution is 5.93. The summed E-state index contributed by atoms with van der Waals surface area (Å²) in [5.74, 6) is 0.586. The average molecular weight is 296 g/mol. The van der Waals surface area contributed by atoms with Crippen molar-refractivity contribution >= 4 is 5.91 Å². The average Bonchev–Trinajstić information content (AvgIpc) is 2.50. The van der Waals surface area contributed by atoms with E-state index in [1.54, 1.807) is 6.07 Å². The van der Waals surface area contributed by atoms with Crippen LogP contribution in [-0.2, 0) is 6.54 Å². The minimum atomic E-state index is -0.190. The summed E-state index contributed by atoms with van der Waals surface area (Å²) in [5, 5.41) is 0. The van der Waals surface area contributed by atoms with Crippen molar-refractivity contribution in [2.24, 2.45) is 5.92 Å². The fraction of sp³-hybridized carbons (Fsp3) is 0.333. The monoisotopic (exact) mass is 296 g/mol. The maximum Gasteiger partial charge on any atom is 0.255 e. The van der Waals surface area contributed by atoms with E-state index >= 15 is 0 Å². The summed E-state index contributed by atoms with van der Waals surface area (Å²) in [6.45, 7) is 1.39. The Labute approximate surface area is 129 Å². The molecule has 1 heterocycles. The van der Waals surface area contributed by atoms with Gasteiger partial charge in [-0.2, -0.15) is 0 Å². The molecule has 0 bridgehead atoms. The number of H-pyrrole nitrogens is 1. The summed E-state index contributed by atoms with van der Waals surface area (Å²) in [6, 6.07) is 13.0. The van der Waals surface area contributed by atoms with Crippen molar-refractivity contribution in [2.45, 2.75) is 25.8 Å². The second-order valence-corrected chi connectivity index (χ2v) is 5.91. The van der Waals surface area contributed by atoms with E-state index in [1.807, 2.05) is 35.2 Å². The minimum Gasteiger partial charge on any atom is -0.334 e. The van der Waals surface area contributed by atoms with Gasteiger partial charge in [0.05, 0.1) is 5.56 Å². The lowest BCUT2D eigenvalue weighted by Gasteiger charge is -2.32. The van der Waals surface area contributed by atoms with Crippen LogP contribution in [0.15, 0.2) is 53.5 Å². The van der Waals surface area contributed by atoms with Crippen molar-refractivity contribution in [1.29, 1.82) is 0 Å². The molecule has 1 N–H and O–H groups in total. The molecule has 22 heavy (non-hydrogen) atoms. The Kier molecular flexibility index (Phi) is 4.37.